The Kier molecular flexibility index (Phi) is 10.7. The first-order valence-corrected chi connectivity index (χ1v) is 14.3. The summed E-state index contributed by atoms with van der Waals surface area (Å²) in [5, 5.41) is -0.544. The lowest BCUT2D eigenvalue weighted by Crippen LogP contribution is -2.42. The number of benzene rings is 3. The van der Waals surface area contributed by atoms with E-state index in [9.17, 15) is 32.3 Å². The lowest BCUT2D eigenvalue weighted by molar-refractivity contribution is -0.202. The van der Waals surface area contributed by atoms with E-state index in [0.29, 0.717) is 11.1 Å². The third-order valence-corrected chi connectivity index (χ3v) is 7.05. The number of ether oxygens (including phenoxy) is 1. The van der Waals surface area contributed by atoms with Gasteiger partial charge in [0.25, 0.3) is 5.91 Å². The van der Waals surface area contributed by atoms with Crippen molar-refractivity contribution >= 4 is 48.0 Å². The molecule has 14 heteroatoms. The zero-order valence-electron chi connectivity index (χ0n) is 24.1. The van der Waals surface area contributed by atoms with Crippen LogP contribution in [0.4, 0.5) is 18.9 Å². The van der Waals surface area contributed by atoms with Crippen LogP contribution >= 0.6 is 12.6 Å². The molecular weight excluding hydrogens is 623 g/mol. The van der Waals surface area contributed by atoms with Gasteiger partial charge < -0.3 is 26.0 Å². The summed E-state index contributed by atoms with van der Waals surface area (Å²) in [4.78, 5) is 58.5. The Morgan fingerprint density at radius 1 is 1.00 bits per heavy atom. The highest BCUT2D eigenvalue weighted by Crippen LogP contribution is 2.34. The van der Waals surface area contributed by atoms with Crippen molar-refractivity contribution in [3.05, 3.63) is 101 Å². The number of rotatable bonds is 8. The maximum atomic E-state index is 14.3. The van der Waals surface area contributed by atoms with Crippen LogP contribution in [0.3, 0.4) is 0 Å². The molecule has 1 heterocycles. The molecule has 1 aliphatic rings. The number of hydrogen-bond acceptors (Lipinski definition) is 7. The van der Waals surface area contributed by atoms with Gasteiger partial charge in [-0.25, -0.2) is 4.79 Å². The molecular formula is C32H28F3N5O5S. The van der Waals surface area contributed by atoms with E-state index in [4.69, 9.17) is 11.5 Å². The number of amides is 2. The van der Waals surface area contributed by atoms with E-state index < -0.39 is 54.2 Å². The third kappa shape index (κ3) is 8.66. The minimum atomic E-state index is -5.41. The number of carbonyl (C=O) groups is 4. The molecule has 0 aliphatic carbocycles. The zero-order chi connectivity index (χ0) is 33.4. The molecule has 238 valence electrons. The molecule has 4 N–H and O–H groups in total. The largest absolute Gasteiger partial charge is 0.491 e. The highest BCUT2D eigenvalue weighted by molar-refractivity contribution is 7.81. The maximum absolute atomic E-state index is 14.3. The lowest BCUT2D eigenvalue weighted by atomic mass is 10.00. The predicted molar refractivity (Wildman–Crippen MR) is 166 cm³/mol. The van der Waals surface area contributed by atoms with Crippen LogP contribution < -0.4 is 16.4 Å². The molecule has 0 bridgehead atoms. The number of anilines is 1. The van der Waals surface area contributed by atoms with Crippen molar-refractivity contribution in [1.29, 1.82) is 0 Å². The number of fused-ring (bicyclic) bond motifs is 1. The van der Waals surface area contributed by atoms with E-state index in [1.54, 1.807) is 66.7 Å². The van der Waals surface area contributed by atoms with Crippen LogP contribution in [-0.4, -0.2) is 59.1 Å². The van der Waals surface area contributed by atoms with E-state index in [2.05, 4.69) is 34.2 Å². The summed E-state index contributed by atoms with van der Waals surface area (Å²) >= 11 is 4.35. The fourth-order valence-electron chi connectivity index (χ4n) is 4.65. The fraction of sp³-hybridized carbons (Fsp3) is 0.219. The van der Waals surface area contributed by atoms with Gasteiger partial charge in [0.15, 0.2) is 5.96 Å². The molecule has 0 fully saturated rings. The van der Waals surface area contributed by atoms with Crippen LogP contribution in [0.5, 0.6) is 0 Å². The quantitative estimate of drug-likeness (QED) is 0.0845. The Morgan fingerprint density at radius 2 is 1.65 bits per heavy atom. The van der Waals surface area contributed by atoms with Gasteiger partial charge in [0.2, 0.25) is 5.91 Å². The first kappa shape index (κ1) is 33.6. The van der Waals surface area contributed by atoms with E-state index in [-0.39, 0.29) is 30.3 Å². The van der Waals surface area contributed by atoms with Crippen molar-refractivity contribution in [2.24, 2.45) is 16.5 Å². The Balaban J connectivity index is 1.78. The summed E-state index contributed by atoms with van der Waals surface area (Å²) in [6, 6.07) is 20.3. The summed E-state index contributed by atoms with van der Waals surface area (Å²) in [5.41, 5.74) is 12.5. The van der Waals surface area contributed by atoms with Crippen LogP contribution in [0.25, 0.3) is 0 Å². The van der Waals surface area contributed by atoms with Gasteiger partial charge >= 0.3 is 18.1 Å². The van der Waals surface area contributed by atoms with Gasteiger partial charge in [0, 0.05) is 5.56 Å². The van der Waals surface area contributed by atoms with Crippen LogP contribution in [0, 0.1) is 11.8 Å². The highest BCUT2D eigenvalue weighted by Gasteiger charge is 2.43. The van der Waals surface area contributed by atoms with Gasteiger partial charge in [0.1, 0.15) is 6.54 Å². The Bertz CT molecular complexity index is 1700. The number of aliphatic imine (C=N–C) groups is 1. The van der Waals surface area contributed by atoms with Crippen molar-refractivity contribution in [2.75, 3.05) is 18.0 Å². The number of thiol groups is 1. The van der Waals surface area contributed by atoms with E-state index in [1.165, 1.54) is 11.0 Å². The molecule has 2 unspecified atom stereocenters. The number of hydrogen-bond donors (Lipinski definition) is 3. The molecule has 0 saturated heterocycles. The number of alkyl halides is 3. The summed E-state index contributed by atoms with van der Waals surface area (Å²) in [7, 11) is 0. The maximum Gasteiger partial charge on any atom is 0.491 e. The van der Waals surface area contributed by atoms with Gasteiger partial charge in [0.05, 0.1) is 42.1 Å². The predicted octanol–water partition coefficient (Wildman–Crippen LogP) is 3.36. The van der Waals surface area contributed by atoms with Crippen molar-refractivity contribution in [1.82, 2.24) is 4.90 Å². The van der Waals surface area contributed by atoms with E-state index in [1.807, 2.05) is 6.07 Å². The zero-order valence-corrected chi connectivity index (χ0v) is 25.0. The van der Waals surface area contributed by atoms with E-state index in [0.717, 1.165) is 10.5 Å². The van der Waals surface area contributed by atoms with Crippen molar-refractivity contribution in [3.8, 4) is 11.8 Å². The molecule has 46 heavy (non-hydrogen) atoms. The van der Waals surface area contributed by atoms with Gasteiger partial charge in [-0.1, -0.05) is 72.5 Å². The molecule has 1 aliphatic heterocycles. The Hall–Kier alpha value is -5.29. The Labute approximate surface area is 267 Å². The second-order valence-corrected chi connectivity index (χ2v) is 10.7. The molecule has 4 rings (SSSR count). The normalized spacial score (nSPS) is 14.3. The second-order valence-electron chi connectivity index (χ2n) is 10.1. The summed E-state index contributed by atoms with van der Waals surface area (Å²) in [6.45, 7) is -0.339. The average Bonchev–Trinajstić information content (AvgIpc) is 3.12. The second kappa shape index (κ2) is 14.7. The summed E-state index contributed by atoms with van der Waals surface area (Å²) < 4.78 is 42.5. The molecule has 10 nitrogen and oxygen atoms in total. The monoisotopic (exact) mass is 651 g/mol. The minimum Gasteiger partial charge on any atom is -0.386 e. The summed E-state index contributed by atoms with van der Waals surface area (Å²) in [6.07, 6.45) is -6.25. The van der Waals surface area contributed by atoms with Crippen molar-refractivity contribution < 1.29 is 37.1 Å². The molecule has 2 amide bonds. The number of nitrogens with two attached hydrogens (primary N) is 2. The molecule has 0 spiro atoms. The van der Waals surface area contributed by atoms with Crippen LogP contribution in [0.1, 0.15) is 39.5 Å². The van der Waals surface area contributed by atoms with Crippen LogP contribution in [0.2, 0.25) is 0 Å². The molecule has 2 atom stereocenters. The van der Waals surface area contributed by atoms with E-state index >= 15 is 0 Å². The van der Waals surface area contributed by atoms with Gasteiger partial charge in [-0.3, -0.25) is 19.4 Å². The van der Waals surface area contributed by atoms with Gasteiger partial charge in [-0.2, -0.15) is 25.8 Å². The van der Waals surface area contributed by atoms with Crippen molar-refractivity contribution in [3.63, 3.8) is 0 Å². The fourth-order valence-corrected chi connectivity index (χ4v) is 4.80. The minimum absolute atomic E-state index is 0.0502. The van der Waals surface area contributed by atoms with Crippen LogP contribution in [0.15, 0.2) is 83.9 Å². The number of nitrogens with zero attached hydrogens (tertiary/aromatic N) is 3. The number of esters is 2. The summed E-state index contributed by atoms with van der Waals surface area (Å²) in [5.74, 6) is 0.219. The number of halogens is 3. The average molecular weight is 652 g/mol. The standard InChI is InChI=1S/C32H28F3N5O5S/c33-32(34,35)30(44)45-28(42)16-26(22-9-5-2-6-10-22)40-19-27(41)39(18-21-7-3-1-4-8-21)25-14-12-20(15-24(25)29(40)43)11-13-23(46)17-38-31(36)37/h1-10,12,14-15,23,26,46H,16-19H2,(H4,36,37,38). The molecule has 3 aromatic rings. The van der Waals surface area contributed by atoms with Crippen LogP contribution in [-0.2, 0) is 25.7 Å². The third-order valence-electron chi connectivity index (χ3n) is 6.76. The smallest absolute Gasteiger partial charge is 0.386 e. The number of guanidine groups is 1. The SMILES string of the molecule is NC(N)=NCC(S)C#Cc1ccc2c(c1)C(=O)N(C(CC(=O)OC(=O)C(F)(F)F)c1ccccc1)CC(=O)N2Cc1ccccc1. The first-order chi connectivity index (χ1) is 21.8. The molecule has 0 radical (unpaired) electrons. The molecule has 0 saturated carbocycles. The van der Waals surface area contributed by atoms with Gasteiger partial charge in [-0.05, 0) is 29.3 Å². The van der Waals surface area contributed by atoms with Crippen molar-refractivity contribution in [2.45, 2.75) is 30.4 Å². The first-order valence-electron chi connectivity index (χ1n) is 13.7. The number of carbonyl (C=O) groups excluding carboxylic acids is 4. The Morgan fingerprint density at radius 3 is 2.28 bits per heavy atom. The molecule has 3 aromatic carbocycles. The topological polar surface area (TPSA) is 148 Å². The molecule has 0 aromatic heterocycles. The highest BCUT2D eigenvalue weighted by atomic mass is 32.1. The van der Waals surface area contributed by atoms with Gasteiger partial charge in [-0.15, -0.1) is 0 Å². The lowest BCUT2D eigenvalue weighted by Gasteiger charge is -2.30.